The maximum absolute atomic E-state index is 11.7. The van der Waals surface area contributed by atoms with E-state index in [9.17, 15) is 13.2 Å². The molecule has 0 radical (unpaired) electrons. The lowest BCUT2D eigenvalue weighted by atomic mass is 10.1. The molecule has 18 heavy (non-hydrogen) atoms. The fourth-order valence-corrected chi connectivity index (χ4v) is 2.95. The highest BCUT2D eigenvalue weighted by Crippen LogP contribution is 2.12. The highest BCUT2D eigenvalue weighted by molar-refractivity contribution is 7.87. The Kier molecular flexibility index (Phi) is 5.34. The number of benzene rings is 1. The number of hydrogen-bond acceptors (Lipinski definition) is 4. The van der Waals surface area contributed by atoms with Crippen molar-refractivity contribution in [2.75, 3.05) is 5.75 Å². The molecule has 0 fully saturated rings. The average molecular weight is 270 g/mol. The second-order valence-corrected chi connectivity index (χ2v) is 5.97. The molecule has 0 aromatic heterocycles. The lowest BCUT2D eigenvalue weighted by Crippen LogP contribution is -2.20. The van der Waals surface area contributed by atoms with Crippen LogP contribution in [0.15, 0.2) is 30.3 Å². The van der Waals surface area contributed by atoms with Gasteiger partial charge in [0.25, 0.3) is 0 Å². The van der Waals surface area contributed by atoms with Crippen molar-refractivity contribution in [2.45, 2.75) is 26.7 Å². The van der Waals surface area contributed by atoms with Gasteiger partial charge in [0, 0.05) is 0 Å². The van der Waals surface area contributed by atoms with Crippen molar-refractivity contribution in [3.8, 4) is 0 Å². The van der Waals surface area contributed by atoms with Gasteiger partial charge >= 0.3 is 16.1 Å². The monoisotopic (exact) mass is 270 g/mol. The molecule has 0 spiro atoms. The fraction of sp³-hybridized carbons (Fsp3) is 0.462. The molecule has 1 aromatic rings. The second-order valence-electron chi connectivity index (χ2n) is 4.36. The van der Waals surface area contributed by atoms with Crippen LogP contribution < -0.4 is 0 Å². The molecule has 100 valence electrons. The maximum atomic E-state index is 11.7. The van der Waals surface area contributed by atoms with E-state index in [1.807, 2.05) is 13.8 Å². The maximum Gasteiger partial charge on any atom is 0.353 e. The zero-order valence-corrected chi connectivity index (χ0v) is 11.4. The summed E-state index contributed by atoms with van der Waals surface area (Å²) in [6, 6.07) is 8.10. The molecule has 0 aliphatic carbocycles. The topological polar surface area (TPSA) is 60.4 Å². The van der Waals surface area contributed by atoms with Crippen molar-refractivity contribution < 1.29 is 17.4 Å². The van der Waals surface area contributed by atoms with Crippen LogP contribution in [-0.4, -0.2) is 20.1 Å². The summed E-state index contributed by atoms with van der Waals surface area (Å²) in [6.07, 6.45) is 1.70. The third-order valence-corrected chi connectivity index (χ3v) is 3.86. The molecular formula is C13H18O4S. The molecule has 1 atom stereocenters. The van der Waals surface area contributed by atoms with E-state index in [4.69, 9.17) is 0 Å². The summed E-state index contributed by atoms with van der Waals surface area (Å²) in [7, 11) is -3.80. The molecular weight excluding hydrogens is 252 g/mol. The van der Waals surface area contributed by atoms with Crippen LogP contribution in [0.5, 0.6) is 0 Å². The smallest absolute Gasteiger partial charge is 0.341 e. The van der Waals surface area contributed by atoms with Crippen LogP contribution in [0.4, 0.5) is 0 Å². The van der Waals surface area contributed by atoms with Crippen LogP contribution in [0.3, 0.4) is 0 Å². The minimum atomic E-state index is -3.80. The molecule has 0 heterocycles. The van der Waals surface area contributed by atoms with E-state index in [0.717, 1.165) is 12.8 Å². The fourth-order valence-electron chi connectivity index (χ4n) is 1.70. The Labute approximate surface area is 108 Å². The standard InChI is InChI=1S/C13H18O4S/c1-3-7-11(2)10-18(15,16)17-13(14)12-8-5-4-6-9-12/h4-6,8-9,11H,3,7,10H2,1-2H3. The largest absolute Gasteiger partial charge is 0.353 e. The summed E-state index contributed by atoms with van der Waals surface area (Å²) < 4.78 is 27.9. The van der Waals surface area contributed by atoms with Crippen molar-refractivity contribution in [2.24, 2.45) is 5.92 Å². The van der Waals surface area contributed by atoms with E-state index < -0.39 is 16.1 Å². The Balaban J connectivity index is 2.64. The van der Waals surface area contributed by atoms with E-state index in [-0.39, 0.29) is 17.2 Å². The van der Waals surface area contributed by atoms with Gasteiger partial charge in [0.2, 0.25) is 0 Å². The van der Waals surface area contributed by atoms with Gasteiger partial charge in [0.15, 0.2) is 0 Å². The summed E-state index contributed by atoms with van der Waals surface area (Å²) in [5.41, 5.74) is 0.240. The van der Waals surface area contributed by atoms with Gasteiger partial charge in [-0.15, -0.1) is 0 Å². The number of hydrogen-bond donors (Lipinski definition) is 0. The molecule has 0 saturated carbocycles. The van der Waals surface area contributed by atoms with Crippen molar-refractivity contribution in [3.63, 3.8) is 0 Å². The summed E-state index contributed by atoms with van der Waals surface area (Å²) in [6.45, 7) is 3.82. The Morgan fingerprint density at radius 1 is 1.28 bits per heavy atom. The van der Waals surface area contributed by atoms with E-state index in [0.29, 0.717) is 0 Å². The predicted octanol–water partition coefficient (Wildman–Crippen LogP) is 2.61. The van der Waals surface area contributed by atoms with E-state index in [1.54, 1.807) is 18.2 Å². The lowest BCUT2D eigenvalue weighted by Gasteiger charge is -2.10. The first-order valence-corrected chi connectivity index (χ1v) is 7.54. The quantitative estimate of drug-likeness (QED) is 0.745. The van der Waals surface area contributed by atoms with Crippen molar-refractivity contribution in [3.05, 3.63) is 35.9 Å². The zero-order valence-electron chi connectivity index (χ0n) is 10.6. The number of carbonyl (C=O) groups excluding carboxylic acids is 1. The molecule has 0 aliphatic heterocycles. The van der Waals surface area contributed by atoms with Gasteiger partial charge in [-0.2, -0.15) is 8.42 Å². The molecule has 1 rings (SSSR count). The minimum Gasteiger partial charge on any atom is -0.341 e. The van der Waals surface area contributed by atoms with Crippen LogP contribution in [0.25, 0.3) is 0 Å². The molecule has 1 aromatic carbocycles. The number of rotatable bonds is 6. The lowest BCUT2D eigenvalue weighted by molar-refractivity contribution is 0.0746. The Morgan fingerprint density at radius 2 is 1.89 bits per heavy atom. The first kappa shape index (κ1) is 14.7. The van der Waals surface area contributed by atoms with Gasteiger partial charge in [0.1, 0.15) is 0 Å². The van der Waals surface area contributed by atoms with Gasteiger partial charge in [-0.05, 0) is 24.5 Å². The number of carbonyl (C=O) groups is 1. The van der Waals surface area contributed by atoms with Gasteiger partial charge in [-0.1, -0.05) is 38.5 Å². The van der Waals surface area contributed by atoms with Gasteiger partial charge in [-0.25, -0.2) is 4.79 Å². The second kappa shape index (κ2) is 6.54. The van der Waals surface area contributed by atoms with Crippen LogP contribution in [0.2, 0.25) is 0 Å². The summed E-state index contributed by atoms with van der Waals surface area (Å²) in [4.78, 5) is 11.6. The molecule has 0 N–H and O–H groups in total. The first-order chi connectivity index (χ1) is 8.44. The van der Waals surface area contributed by atoms with Crippen LogP contribution in [0, 0.1) is 5.92 Å². The molecule has 0 aliphatic rings. The molecule has 0 saturated heterocycles. The van der Waals surface area contributed by atoms with Crippen molar-refractivity contribution >= 4 is 16.1 Å². The van der Waals surface area contributed by atoms with Crippen molar-refractivity contribution in [1.82, 2.24) is 0 Å². The summed E-state index contributed by atoms with van der Waals surface area (Å²) in [5, 5.41) is 0. The van der Waals surface area contributed by atoms with E-state index in [2.05, 4.69) is 4.18 Å². The summed E-state index contributed by atoms with van der Waals surface area (Å²) >= 11 is 0. The Bertz CT molecular complexity index is 479. The van der Waals surface area contributed by atoms with Gasteiger partial charge < -0.3 is 4.18 Å². The van der Waals surface area contributed by atoms with Crippen LogP contribution in [-0.2, 0) is 14.3 Å². The van der Waals surface area contributed by atoms with Crippen molar-refractivity contribution in [1.29, 1.82) is 0 Å². The van der Waals surface area contributed by atoms with Crippen LogP contribution >= 0.6 is 0 Å². The first-order valence-electron chi connectivity index (χ1n) is 5.96. The molecule has 4 nitrogen and oxygen atoms in total. The third-order valence-electron chi connectivity index (χ3n) is 2.48. The summed E-state index contributed by atoms with van der Waals surface area (Å²) in [5.74, 6) is -0.956. The Morgan fingerprint density at radius 3 is 2.44 bits per heavy atom. The normalized spacial score (nSPS) is 13.0. The molecule has 0 bridgehead atoms. The van der Waals surface area contributed by atoms with E-state index >= 15 is 0 Å². The minimum absolute atomic E-state index is 0.0106. The molecule has 5 heteroatoms. The van der Waals surface area contributed by atoms with Crippen LogP contribution in [0.1, 0.15) is 37.0 Å². The highest BCUT2D eigenvalue weighted by atomic mass is 32.2. The SMILES string of the molecule is CCCC(C)CS(=O)(=O)OC(=O)c1ccccc1. The van der Waals surface area contributed by atoms with E-state index in [1.165, 1.54) is 12.1 Å². The average Bonchev–Trinajstić information content (AvgIpc) is 2.29. The van der Waals surface area contributed by atoms with Gasteiger partial charge in [-0.3, -0.25) is 0 Å². The Hall–Kier alpha value is -1.36. The van der Waals surface area contributed by atoms with Gasteiger partial charge in [0.05, 0.1) is 11.3 Å². The zero-order chi connectivity index (χ0) is 13.6. The predicted molar refractivity (Wildman–Crippen MR) is 69.7 cm³/mol. The molecule has 1 unspecified atom stereocenters. The highest BCUT2D eigenvalue weighted by Gasteiger charge is 2.21. The third kappa shape index (κ3) is 4.87. The molecule has 0 amide bonds.